The van der Waals surface area contributed by atoms with Crippen molar-refractivity contribution in [2.75, 3.05) is 0 Å². The molecular weight excluding hydrogens is 374 g/mol. The fourth-order valence-electron chi connectivity index (χ4n) is 2.83. The van der Waals surface area contributed by atoms with Gasteiger partial charge < -0.3 is 0 Å². The maximum atomic E-state index is 2.85. The van der Waals surface area contributed by atoms with Gasteiger partial charge in [-0.25, -0.2) is 0 Å². The first-order valence-corrected chi connectivity index (χ1v) is 7.00. The normalized spacial score (nSPS) is 10.8. The topological polar surface area (TPSA) is 0 Å². The number of hydrogen-bond donors (Lipinski definition) is 0. The van der Waals surface area contributed by atoms with E-state index in [1.54, 1.807) is 0 Å². The second-order valence-corrected chi connectivity index (χ2v) is 5.55. The molecule has 4 rings (SSSR count). The average molecular weight is 388 g/mol. The first-order chi connectivity index (χ1) is 9.33. The van der Waals surface area contributed by atoms with Crippen molar-refractivity contribution in [3.05, 3.63) is 66.7 Å². The van der Waals surface area contributed by atoms with Crippen LogP contribution in [0.15, 0.2) is 66.7 Å². The summed E-state index contributed by atoms with van der Waals surface area (Å²) in [5.41, 5.74) is 0. The van der Waals surface area contributed by atoms with E-state index in [0.29, 0.717) is 0 Å². The zero-order chi connectivity index (χ0) is 12.8. The smallest absolute Gasteiger partial charge is 0.00335 e. The van der Waals surface area contributed by atoms with E-state index in [2.05, 4.69) is 76.0 Å². The summed E-state index contributed by atoms with van der Waals surface area (Å²) in [5, 5.41) is 9.15. The van der Waals surface area contributed by atoms with E-state index in [9.17, 15) is 0 Å². The van der Waals surface area contributed by atoms with Crippen molar-refractivity contribution in [2.45, 2.75) is 0 Å². The molecule has 0 fully saturated rings. The highest BCUT2D eigenvalue weighted by molar-refractivity contribution is 14.0. The Balaban J connectivity index is 0.00000121. The Morgan fingerprint density at radius 1 is 0.600 bits per heavy atom. The summed E-state index contributed by atoms with van der Waals surface area (Å²) in [6, 6.07) is 24.0. The average Bonchev–Trinajstić information content (AvgIpc) is 2.45. The number of fused-ring (bicyclic) bond motifs is 4. The summed E-state index contributed by atoms with van der Waals surface area (Å²) in [5.74, 6) is 0. The van der Waals surface area contributed by atoms with Gasteiger partial charge in [0.05, 0.1) is 0 Å². The van der Waals surface area contributed by atoms with Gasteiger partial charge in [0.25, 0.3) is 0 Å². The number of hydrogen-bond acceptors (Lipinski definition) is 0. The standard InChI is InChI=1S/C18H13P.HI/c19-17-7-3-6-12-8-9-15-10-13-4-1-2-5-14(13)11-16(15)18(12)17;/h1-11H,19H2;1H. The molecule has 1 atom stereocenters. The fraction of sp³-hybridized carbons (Fsp3) is 0. The molecule has 1 unspecified atom stereocenters. The Morgan fingerprint density at radius 2 is 1.25 bits per heavy atom. The number of halogens is 1. The molecule has 0 aliphatic heterocycles. The predicted molar refractivity (Wildman–Crippen MR) is 104 cm³/mol. The van der Waals surface area contributed by atoms with Crippen LogP contribution in [0.2, 0.25) is 0 Å². The van der Waals surface area contributed by atoms with Crippen molar-refractivity contribution < 1.29 is 0 Å². The Morgan fingerprint density at radius 3 is 2.05 bits per heavy atom. The van der Waals surface area contributed by atoms with Gasteiger partial charge in [-0.3, -0.25) is 0 Å². The Kier molecular flexibility index (Phi) is 3.66. The van der Waals surface area contributed by atoms with Gasteiger partial charge >= 0.3 is 0 Å². The van der Waals surface area contributed by atoms with Crippen LogP contribution in [-0.4, -0.2) is 0 Å². The summed E-state index contributed by atoms with van der Waals surface area (Å²) in [6.45, 7) is 0. The van der Waals surface area contributed by atoms with Crippen LogP contribution in [0.5, 0.6) is 0 Å². The predicted octanol–water partition coefficient (Wildman–Crippen LogP) is 5.26. The molecule has 0 saturated heterocycles. The minimum absolute atomic E-state index is 0. The van der Waals surface area contributed by atoms with E-state index in [1.165, 1.54) is 37.6 Å². The lowest BCUT2D eigenvalue weighted by molar-refractivity contribution is 1.79. The summed E-state index contributed by atoms with van der Waals surface area (Å²) in [4.78, 5) is 0. The molecule has 0 heterocycles. The second kappa shape index (κ2) is 5.31. The third-order valence-electron chi connectivity index (χ3n) is 3.76. The van der Waals surface area contributed by atoms with Crippen LogP contribution in [0.4, 0.5) is 0 Å². The Hall–Kier alpha value is -1.18. The van der Waals surface area contributed by atoms with Crippen LogP contribution >= 0.6 is 33.2 Å². The highest BCUT2D eigenvalue weighted by atomic mass is 127. The number of rotatable bonds is 0. The van der Waals surface area contributed by atoms with Crippen LogP contribution in [-0.2, 0) is 0 Å². The molecule has 0 N–H and O–H groups in total. The van der Waals surface area contributed by atoms with Gasteiger partial charge in [-0.2, -0.15) is 0 Å². The van der Waals surface area contributed by atoms with Gasteiger partial charge in [0.2, 0.25) is 0 Å². The monoisotopic (exact) mass is 388 g/mol. The molecule has 0 amide bonds. The van der Waals surface area contributed by atoms with E-state index in [0.717, 1.165) is 0 Å². The third-order valence-corrected chi connectivity index (χ3v) is 4.24. The molecule has 0 saturated carbocycles. The minimum Gasteiger partial charge on any atom is -0.107 e. The Bertz CT molecular complexity index is 928. The molecule has 0 aliphatic rings. The second-order valence-electron chi connectivity index (χ2n) is 4.93. The van der Waals surface area contributed by atoms with E-state index in [4.69, 9.17) is 0 Å². The van der Waals surface area contributed by atoms with Crippen LogP contribution < -0.4 is 5.30 Å². The van der Waals surface area contributed by atoms with Gasteiger partial charge in [-0.05, 0) is 49.8 Å². The SMILES string of the molecule is I.Pc1cccc2ccc3cc4ccccc4cc3c12. The summed E-state index contributed by atoms with van der Waals surface area (Å²) < 4.78 is 0. The van der Waals surface area contributed by atoms with Crippen molar-refractivity contribution in [3.63, 3.8) is 0 Å². The largest absolute Gasteiger partial charge is 0.107 e. The van der Waals surface area contributed by atoms with Crippen LogP contribution in [0, 0.1) is 0 Å². The van der Waals surface area contributed by atoms with E-state index in [-0.39, 0.29) is 24.0 Å². The molecule has 0 aliphatic carbocycles. The molecule has 0 spiro atoms. The van der Waals surface area contributed by atoms with Crippen molar-refractivity contribution >= 4 is 70.8 Å². The lowest BCUT2D eigenvalue weighted by Gasteiger charge is -2.08. The summed E-state index contributed by atoms with van der Waals surface area (Å²) in [6.07, 6.45) is 0. The van der Waals surface area contributed by atoms with Crippen molar-refractivity contribution in [3.8, 4) is 0 Å². The van der Waals surface area contributed by atoms with Gasteiger partial charge in [-0.1, -0.05) is 54.6 Å². The molecule has 2 heteroatoms. The van der Waals surface area contributed by atoms with E-state index >= 15 is 0 Å². The maximum absolute atomic E-state index is 2.85. The lowest BCUT2D eigenvalue weighted by atomic mass is 9.98. The lowest BCUT2D eigenvalue weighted by Crippen LogP contribution is -1.93. The summed E-state index contributed by atoms with van der Waals surface area (Å²) >= 11 is 0. The third kappa shape index (κ3) is 2.10. The first-order valence-electron chi connectivity index (χ1n) is 6.43. The molecule has 0 nitrogen and oxygen atoms in total. The van der Waals surface area contributed by atoms with Crippen molar-refractivity contribution in [2.24, 2.45) is 0 Å². The quantitative estimate of drug-likeness (QED) is 0.167. The molecule has 4 aromatic rings. The van der Waals surface area contributed by atoms with Gasteiger partial charge in [0.15, 0.2) is 0 Å². The van der Waals surface area contributed by atoms with Crippen LogP contribution in [0.1, 0.15) is 0 Å². The molecule has 0 bridgehead atoms. The fourth-order valence-corrected chi connectivity index (χ4v) is 3.26. The maximum Gasteiger partial charge on any atom is -0.00335 e. The molecule has 0 radical (unpaired) electrons. The zero-order valence-corrected chi connectivity index (χ0v) is 14.3. The van der Waals surface area contributed by atoms with Gasteiger partial charge in [-0.15, -0.1) is 33.2 Å². The molecule has 0 aromatic heterocycles. The summed E-state index contributed by atoms with van der Waals surface area (Å²) in [7, 11) is 2.85. The minimum atomic E-state index is 0. The highest BCUT2D eigenvalue weighted by Gasteiger charge is 2.04. The zero-order valence-electron chi connectivity index (χ0n) is 10.8. The molecule has 20 heavy (non-hydrogen) atoms. The molecule has 4 aromatic carbocycles. The van der Waals surface area contributed by atoms with Crippen LogP contribution in [0.3, 0.4) is 0 Å². The van der Waals surface area contributed by atoms with E-state index in [1.807, 2.05) is 0 Å². The van der Waals surface area contributed by atoms with Crippen LogP contribution in [0.25, 0.3) is 32.3 Å². The van der Waals surface area contributed by atoms with Gasteiger partial charge in [0.1, 0.15) is 0 Å². The van der Waals surface area contributed by atoms with Crippen molar-refractivity contribution in [1.29, 1.82) is 0 Å². The van der Waals surface area contributed by atoms with Crippen molar-refractivity contribution in [1.82, 2.24) is 0 Å². The molecular formula is C18H14IP. The van der Waals surface area contributed by atoms with E-state index < -0.39 is 0 Å². The number of benzene rings is 4. The molecule has 98 valence electrons. The first kappa shape index (κ1) is 13.8. The highest BCUT2D eigenvalue weighted by Crippen LogP contribution is 2.29. The Labute approximate surface area is 137 Å². The van der Waals surface area contributed by atoms with Gasteiger partial charge in [0, 0.05) is 0 Å².